The maximum Gasteiger partial charge on any atom is 0.193 e. The molecular formula is C15H27IN4. The normalized spacial score (nSPS) is 11.9. The molecule has 4 N–H and O–H groups in total. The van der Waals surface area contributed by atoms with E-state index in [0.29, 0.717) is 12.5 Å². The molecule has 4 nitrogen and oxygen atoms in total. The zero-order valence-electron chi connectivity index (χ0n) is 12.9. The Morgan fingerprint density at radius 1 is 1.20 bits per heavy atom. The van der Waals surface area contributed by atoms with Crippen LogP contribution in [-0.2, 0) is 6.42 Å². The summed E-state index contributed by atoms with van der Waals surface area (Å²) in [7, 11) is 0. The van der Waals surface area contributed by atoms with E-state index in [1.54, 1.807) is 0 Å². The fourth-order valence-corrected chi connectivity index (χ4v) is 1.62. The Kier molecular flexibility index (Phi) is 8.80. The average molecular weight is 390 g/mol. The highest BCUT2D eigenvalue weighted by Gasteiger charge is 2.06. The Labute approximate surface area is 139 Å². The molecule has 0 aliphatic heterocycles. The number of nitrogens with zero attached hydrogens (tertiary/aromatic N) is 1. The van der Waals surface area contributed by atoms with Crippen LogP contribution in [0.25, 0.3) is 0 Å². The van der Waals surface area contributed by atoms with E-state index in [2.05, 4.69) is 55.5 Å². The van der Waals surface area contributed by atoms with Gasteiger partial charge in [0.2, 0.25) is 0 Å². The molecule has 0 fully saturated rings. The van der Waals surface area contributed by atoms with E-state index in [-0.39, 0.29) is 29.5 Å². The summed E-state index contributed by atoms with van der Waals surface area (Å²) in [6.45, 7) is 10.0. The molecule has 0 amide bonds. The summed E-state index contributed by atoms with van der Waals surface area (Å²) in [6.07, 6.45) is 1.04. The third-order valence-corrected chi connectivity index (χ3v) is 2.68. The van der Waals surface area contributed by atoms with Crippen LogP contribution in [0.3, 0.4) is 0 Å². The molecule has 0 aliphatic carbocycles. The molecule has 0 aliphatic rings. The Morgan fingerprint density at radius 3 is 2.30 bits per heavy atom. The first kappa shape index (κ1) is 19.2. The van der Waals surface area contributed by atoms with Crippen molar-refractivity contribution in [3.05, 3.63) is 29.8 Å². The monoisotopic (exact) mass is 390 g/mol. The van der Waals surface area contributed by atoms with Crippen molar-refractivity contribution in [1.82, 2.24) is 5.32 Å². The summed E-state index contributed by atoms with van der Waals surface area (Å²) >= 11 is 0. The lowest BCUT2D eigenvalue weighted by molar-refractivity contribution is 0.433. The second-order valence-corrected chi connectivity index (χ2v) is 5.62. The largest absolute Gasteiger partial charge is 0.370 e. The van der Waals surface area contributed by atoms with Gasteiger partial charge in [-0.3, -0.25) is 4.99 Å². The van der Waals surface area contributed by atoms with Crippen LogP contribution >= 0.6 is 24.0 Å². The molecule has 1 aromatic carbocycles. The number of aliphatic imine (C=N–C) groups is 1. The summed E-state index contributed by atoms with van der Waals surface area (Å²) in [6, 6.07) is 8.23. The van der Waals surface area contributed by atoms with Crippen LogP contribution in [0.1, 0.15) is 33.3 Å². The molecule has 0 radical (unpaired) electrons. The lowest BCUT2D eigenvalue weighted by atomic mass is 10.1. The first-order valence-electron chi connectivity index (χ1n) is 6.81. The second-order valence-electron chi connectivity index (χ2n) is 5.62. The van der Waals surface area contributed by atoms with Gasteiger partial charge in [0.05, 0.1) is 6.54 Å². The van der Waals surface area contributed by atoms with E-state index in [1.165, 1.54) is 5.56 Å². The van der Waals surface area contributed by atoms with Crippen molar-refractivity contribution in [2.75, 3.05) is 18.4 Å². The molecule has 0 unspecified atom stereocenters. The van der Waals surface area contributed by atoms with E-state index in [9.17, 15) is 0 Å². The van der Waals surface area contributed by atoms with E-state index >= 15 is 0 Å². The van der Waals surface area contributed by atoms with E-state index < -0.39 is 0 Å². The fourth-order valence-electron chi connectivity index (χ4n) is 1.62. The number of nitrogens with one attached hydrogen (secondary N) is 2. The van der Waals surface area contributed by atoms with E-state index in [4.69, 9.17) is 5.73 Å². The molecule has 1 rings (SSSR count). The van der Waals surface area contributed by atoms with Crippen molar-refractivity contribution < 1.29 is 0 Å². The summed E-state index contributed by atoms with van der Waals surface area (Å²) in [5, 5.41) is 6.46. The third kappa shape index (κ3) is 8.37. The highest BCUT2D eigenvalue weighted by atomic mass is 127. The van der Waals surface area contributed by atoms with Gasteiger partial charge in [0.15, 0.2) is 5.96 Å². The van der Waals surface area contributed by atoms with Crippen LogP contribution in [-0.4, -0.2) is 24.6 Å². The first-order valence-corrected chi connectivity index (χ1v) is 6.81. The molecule has 20 heavy (non-hydrogen) atoms. The van der Waals surface area contributed by atoms with Gasteiger partial charge in [0, 0.05) is 17.8 Å². The Hall–Kier alpha value is -0.820. The van der Waals surface area contributed by atoms with Gasteiger partial charge in [-0.05, 0) is 44.9 Å². The van der Waals surface area contributed by atoms with Gasteiger partial charge in [0.25, 0.3) is 0 Å². The topological polar surface area (TPSA) is 62.4 Å². The van der Waals surface area contributed by atoms with Crippen molar-refractivity contribution in [2.45, 2.75) is 39.7 Å². The Bertz CT molecular complexity index is 407. The van der Waals surface area contributed by atoms with Gasteiger partial charge in [-0.15, -0.1) is 24.0 Å². The standard InChI is InChI=1S/C15H26N4.HI/c1-5-12-6-8-13(9-7-12)19-14(16)17-10-11-18-15(2,3)4;/h6-9,18H,5,10-11H2,1-4H3,(H3,16,17,19);1H. The van der Waals surface area contributed by atoms with Crippen molar-refractivity contribution in [1.29, 1.82) is 0 Å². The summed E-state index contributed by atoms with van der Waals surface area (Å²) < 4.78 is 0. The minimum Gasteiger partial charge on any atom is -0.370 e. The van der Waals surface area contributed by atoms with Crippen LogP contribution in [0.2, 0.25) is 0 Å². The summed E-state index contributed by atoms with van der Waals surface area (Å²) in [5.41, 5.74) is 8.25. The van der Waals surface area contributed by atoms with Crippen molar-refractivity contribution in [3.63, 3.8) is 0 Å². The van der Waals surface area contributed by atoms with Gasteiger partial charge >= 0.3 is 0 Å². The Balaban J connectivity index is 0.00000361. The Morgan fingerprint density at radius 2 is 1.80 bits per heavy atom. The maximum absolute atomic E-state index is 5.84. The minimum atomic E-state index is 0. The molecular weight excluding hydrogens is 363 g/mol. The number of hydrogen-bond donors (Lipinski definition) is 3. The fraction of sp³-hybridized carbons (Fsp3) is 0.533. The van der Waals surface area contributed by atoms with Crippen molar-refractivity contribution in [3.8, 4) is 0 Å². The summed E-state index contributed by atoms with van der Waals surface area (Å²) in [5.74, 6) is 0.458. The number of benzene rings is 1. The van der Waals surface area contributed by atoms with Crippen LogP contribution in [0.5, 0.6) is 0 Å². The lowest BCUT2D eigenvalue weighted by Crippen LogP contribution is -2.37. The summed E-state index contributed by atoms with van der Waals surface area (Å²) in [4.78, 5) is 4.29. The number of halogens is 1. The zero-order valence-corrected chi connectivity index (χ0v) is 15.2. The smallest absolute Gasteiger partial charge is 0.193 e. The number of anilines is 1. The number of aryl methyl sites for hydroxylation is 1. The molecule has 1 aromatic rings. The van der Waals surface area contributed by atoms with E-state index in [1.807, 2.05) is 12.1 Å². The second kappa shape index (κ2) is 9.18. The molecule has 0 spiro atoms. The molecule has 0 heterocycles. The number of guanidine groups is 1. The van der Waals surface area contributed by atoms with E-state index in [0.717, 1.165) is 18.7 Å². The molecule has 114 valence electrons. The van der Waals surface area contributed by atoms with Crippen LogP contribution in [0.15, 0.2) is 29.3 Å². The zero-order chi connectivity index (χ0) is 14.3. The number of nitrogens with two attached hydrogens (primary N) is 1. The molecule has 5 heteroatoms. The van der Waals surface area contributed by atoms with Gasteiger partial charge in [-0.25, -0.2) is 0 Å². The van der Waals surface area contributed by atoms with Crippen LogP contribution in [0, 0.1) is 0 Å². The molecule has 0 atom stereocenters. The minimum absolute atomic E-state index is 0. The van der Waals surface area contributed by atoms with Crippen molar-refractivity contribution >= 4 is 35.6 Å². The quantitative estimate of drug-likeness (QED) is 0.314. The highest BCUT2D eigenvalue weighted by Crippen LogP contribution is 2.09. The number of rotatable bonds is 5. The highest BCUT2D eigenvalue weighted by molar-refractivity contribution is 14.0. The third-order valence-electron chi connectivity index (χ3n) is 2.68. The molecule has 0 bridgehead atoms. The van der Waals surface area contributed by atoms with Crippen LogP contribution < -0.4 is 16.4 Å². The van der Waals surface area contributed by atoms with Gasteiger partial charge in [0.1, 0.15) is 0 Å². The lowest BCUT2D eigenvalue weighted by Gasteiger charge is -2.19. The van der Waals surface area contributed by atoms with Crippen LogP contribution in [0.4, 0.5) is 5.69 Å². The predicted molar refractivity (Wildman–Crippen MR) is 99.1 cm³/mol. The molecule has 0 saturated heterocycles. The molecule has 0 aromatic heterocycles. The van der Waals surface area contributed by atoms with Gasteiger partial charge < -0.3 is 16.4 Å². The van der Waals surface area contributed by atoms with Gasteiger partial charge in [-0.2, -0.15) is 0 Å². The number of hydrogen-bond acceptors (Lipinski definition) is 2. The molecule has 0 saturated carbocycles. The average Bonchev–Trinajstić information content (AvgIpc) is 2.34. The van der Waals surface area contributed by atoms with Crippen molar-refractivity contribution in [2.24, 2.45) is 10.7 Å². The SMILES string of the molecule is CCc1ccc(NC(N)=NCCNC(C)(C)C)cc1.I. The first-order chi connectivity index (χ1) is 8.90. The maximum atomic E-state index is 5.84. The van der Waals surface area contributed by atoms with Gasteiger partial charge in [-0.1, -0.05) is 19.1 Å². The predicted octanol–water partition coefficient (Wildman–Crippen LogP) is 2.98.